The van der Waals surface area contributed by atoms with Gasteiger partial charge < -0.3 is 15.2 Å². The van der Waals surface area contributed by atoms with Crippen LogP contribution >= 0.6 is 0 Å². The number of benzene rings is 2. The Morgan fingerprint density at radius 2 is 1.88 bits per heavy atom. The molecule has 5 nitrogen and oxygen atoms in total. The zero-order valence-electron chi connectivity index (χ0n) is 14.5. The molecule has 0 aliphatic heterocycles. The van der Waals surface area contributed by atoms with Crippen LogP contribution in [0.25, 0.3) is 11.3 Å². The highest BCUT2D eigenvalue weighted by Gasteiger charge is 2.06. The van der Waals surface area contributed by atoms with Gasteiger partial charge in [-0.2, -0.15) is 5.10 Å². The summed E-state index contributed by atoms with van der Waals surface area (Å²) in [5.74, 6) is 1.61. The first-order valence-corrected chi connectivity index (χ1v) is 8.43. The summed E-state index contributed by atoms with van der Waals surface area (Å²) in [6.07, 6.45) is 1.20. The topological polar surface area (TPSA) is 73.2 Å². The highest BCUT2D eigenvalue weighted by molar-refractivity contribution is 5.60. The van der Waals surface area contributed by atoms with E-state index in [1.807, 2.05) is 48.5 Å². The molecule has 0 saturated heterocycles. The van der Waals surface area contributed by atoms with Crippen LogP contribution in [0.4, 0.5) is 5.69 Å². The van der Waals surface area contributed by atoms with Crippen molar-refractivity contribution in [3.05, 3.63) is 60.3 Å². The van der Waals surface area contributed by atoms with Gasteiger partial charge in [-0.05, 0) is 55.8 Å². The highest BCUT2D eigenvalue weighted by Crippen LogP contribution is 2.23. The van der Waals surface area contributed by atoms with Crippen LogP contribution in [-0.4, -0.2) is 16.3 Å². The third kappa shape index (κ3) is 4.53. The Hall–Kier alpha value is -2.95. The summed E-state index contributed by atoms with van der Waals surface area (Å²) in [6.45, 7) is 4.58. The maximum atomic E-state index is 5.80. The van der Waals surface area contributed by atoms with Crippen molar-refractivity contribution in [3.63, 3.8) is 0 Å². The Balaban J connectivity index is 1.62. The zero-order valence-corrected chi connectivity index (χ0v) is 14.5. The molecule has 5 heteroatoms. The first kappa shape index (κ1) is 16.9. The fourth-order valence-electron chi connectivity index (χ4n) is 2.37. The molecule has 1 atom stereocenters. The molecule has 0 radical (unpaired) electrons. The van der Waals surface area contributed by atoms with Crippen molar-refractivity contribution in [2.24, 2.45) is 0 Å². The summed E-state index contributed by atoms with van der Waals surface area (Å²) in [4.78, 5) is 0. The van der Waals surface area contributed by atoms with Crippen LogP contribution in [0.3, 0.4) is 0 Å². The Morgan fingerprint density at radius 3 is 2.60 bits per heavy atom. The van der Waals surface area contributed by atoms with Crippen molar-refractivity contribution in [1.82, 2.24) is 10.2 Å². The van der Waals surface area contributed by atoms with Crippen molar-refractivity contribution in [2.75, 3.05) is 5.73 Å². The standard InChI is InChI=1S/C20H23N3O2/c1-3-14(2)25-18-9-7-15(8-10-18)20-12-17(22-23-20)13-24-19-6-4-5-16(21)11-19/h4-12,14H,3,13,21H2,1-2H3,(H,22,23). The second-order valence-corrected chi connectivity index (χ2v) is 6.00. The van der Waals surface area contributed by atoms with Gasteiger partial charge in [0, 0.05) is 17.3 Å². The number of nitrogen functional groups attached to an aromatic ring is 1. The van der Waals surface area contributed by atoms with Gasteiger partial charge in [-0.1, -0.05) is 13.0 Å². The number of rotatable bonds is 7. The average Bonchev–Trinajstić information content (AvgIpc) is 3.09. The number of nitrogens with two attached hydrogens (primary N) is 1. The first-order chi connectivity index (χ1) is 12.1. The van der Waals surface area contributed by atoms with E-state index in [9.17, 15) is 0 Å². The van der Waals surface area contributed by atoms with Gasteiger partial charge in [-0.15, -0.1) is 0 Å². The maximum absolute atomic E-state index is 5.80. The van der Waals surface area contributed by atoms with E-state index in [2.05, 4.69) is 24.0 Å². The number of nitrogens with one attached hydrogen (secondary N) is 1. The third-order valence-electron chi connectivity index (χ3n) is 3.95. The molecule has 1 aromatic heterocycles. The SMILES string of the molecule is CCC(C)Oc1ccc(-c2cc(COc3cccc(N)c3)[nH]n2)cc1. The molecule has 2 aromatic carbocycles. The molecule has 0 spiro atoms. The van der Waals surface area contributed by atoms with Crippen LogP contribution in [-0.2, 0) is 6.61 Å². The van der Waals surface area contributed by atoms with E-state index < -0.39 is 0 Å². The van der Waals surface area contributed by atoms with Crippen LogP contribution in [0, 0.1) is 0 Å². The van der Waals surface area contributed by atoms with Gasteiger partial charge in [0.1, 0.15) is 18.1 Å². The Labute approximate surface area is 147 Å². The van der Waals surface area contributed by atoms with Crippen LogP contribution in [0.2, 0.25) is 0 Å². The summed E-state index contributed by atoms with van der Waals surface area (Å²) >= 11 is 0. The van der Waals surface area contributed by atoms with Gasteiger partial charge in [-0.25, -0.2) is 0 Å². The van der Waals surface area contributed by atoms with Crippen LogP contribution in [0.5, 0.6) is 11.5 Å². The van der Waals surface area contributed by atoms with Crippen molar-refractivity contribution in [3.8, 4) is 22.8 Å². The number of hydrogen-bond donors (Lipinski definition) is 2. The molecule has 0 aliphatic carbocycles. The summed E-state index contributed by atoms with van der Waals surface area (Å²) in [6, 6.07) is 17.3. The molecular formula is C20H23N3O2. The largest absolute Gasteiger partial charge is 0.491 e. The fraction of sp³-hybridized carbons (Fsp3) is 0.250. The quantitative estimate of drug-likeness (QED) is 0.626. The smallest absolute Gasteiger partial charge is 0.130 e. The average molecular weight is 337 g/mol. The maximum Gasteiger partial charge on any atom is 0.130 e. The minimum absolute atomic E-state index is 0.215. The molecule has 0 bridgehead atoms. The van der Waals surface area contributed by atoms with Crippen molar-refractivity contribution < 1.29 is 9.47 Å². The summed E-state index contributed by atoms with van der Waals surface area (Å²) < 4.78 is 11.5. The van der Waals surface area contributed by atoms with E-state index in [4.69, 9.17) is 15.2 Å². The van der Waals surface area contributed by atoms with E-state index in [0.29, 0.717) is 12.3 Å². The van der Waals surface area contributed by atoms with Crippen LogP contribution in [0.15, 0.2) is 54.6 Å². The number of aromatic amines is 1. The van der Waals surface area contributed by atoms with E-state index in [1.54, 1.807) is 6.07 Å². The zero-order chi connectivity index (χ0) is 17.6. The number of hydrogen-bond acceptors (Lipinski definition) is 4. The molecule has 0 aliphatic rings. The minimum Gasteiger partial charge on any atom is -0.491 e. The molecule has 130 valence electrons. The predicted molar refractivity (Wildman–Crippen MR) is 99.6 cm³/mol. The lowest BCUT2D eigenvalue weighted by molar-refractivity contribution is 0.217. The second-order valence-electron chi connectivity index (χ2n) is 6.00. The van der Waals surface area contributed by atoms with Gasteiger partial charge in [0.25, 0.3) is 0 Å². The molecule has 0 fully saturated rings. The predicted octanol–water partition coefficient (Wildman–Crippen LogP) is 4.42. The number of ether oxygens (including phenoxy) is 2. The van der Waals surface area contributed by atoms with Crippen molar-refractivity contribution in [2.45, 2.75) is 33.0 Å². The highest BCUT2D eigenvalue weighted by atomic mass is 16.5. The molecule has 25 heavy (non-hydrogen) atoms. The van der Waals surface area contributed by atoms with Gasteiger partial charge in [-0.3, -0.25) is 5.10 Å². The van der Waals surface area contributed by atoms with E-state index in [-0.39, 0.29) is 6.10 Å². The van der Waals surface area contributed by atoms with Crippen molar-refractivity contribution in [1.29, 1.82) is 0 Å². The first-order valence-electron chi connectivity index (χ1n) is 8.43. The van der Waals surface area contributed by atoms with Crippen LogP contribution < -0.4 is 15.2 Å². The lowest BCUT2D eigenvalue weighted by Gasteiger charge is -2.12. The monoisotopic (exact) mass is 337 g/mol. The number of H-pyrrole nitrogens is 1. The summed E-state index contributed by atoms with van der Waals surface area (Å²) in [5.41, 5.74) is 9.24. The molecular weight excluding hydrogens is 314 g/mol. The summed E-state index contributed by atoms with van der Waals surface area (Å²) in [5, 5.41) is 7.36. The summed E-state index contributed by atoms with van der Waals surface area (Å²) in [7, 11) is 0. The second kappa shape index (κ2) is 7.75. The van der Waals surface area contributed by atoms with Gasteiger partial charge in [0.2, 0.25) is 0 Å². The fourth-order valence-corrected chi connectivity index (χ4v) is 2.37. The number of nitrogens with zero attached hydrogens (tertiary/aromatic N) is 1. The normalized spacial score (nSPS) is 11.9. The number of anilines is 1. The van der Waals surface area contributed by atoms with Gasteiger partial charge in [0.15, 0.2) is 0 Å². The molecule has 1 heterocycles. The Kier molecular flexibility index (Phi) is 5.23. The lowest BCUT2D eigenvalue weighted by Crippen LogP contribution is -2.09. The van der Waals surface area contributed by atoms with E-state index in [1.165, 1.54) is 0 Å². The van der Waals surface area contributed by atoms with Gasteiger partial charge in [0.05, 0.1) is 17.5 Å². The Morgan fingerprint density at radius 1 is 1.08 bits per heavy atom. The van der Waals surface area contributed by atoms with E-state index >= 15 is 0 Å². The lowest BCUT2D eigenvalue weighted by atomic mass is 10.1. The Bertz CT molecular complexity index is 812. The molecule has 3 aromatic rings. The number of aromatic nitrogens is 2. The van der Waals surface area contributed by atoms with Crippen molar-refractivity contribution >= 4 is 5.69 Å². The molecule has 0 saturated carbocycles. The molecule has 1 unspecified atom stereocenters. The third-order valence-corrected chi connectivity index (χ3v) is 3.95. The van der Waals surface area contributed by atoms with Gasteiger partial charge >= 0.3 is 0 Å². The minimum atomic E-state index is 0.215. The van der Waals surface area contributed by atoms with Crippen LogP contribution in [0.1, 0.15) is 26.0 Å². The molecule has 3 N–H and O–H groups in total. The molecule has 3 rings (SSSR count). The molecule has 0 amide bonds. The van der Waals surface area contributed by atoms with E-state index in [0.717, 1.165) is 34.9 Å².